The molecule has 3 amide bonds. The van der Waals surface area contributed by atoms with Crippen molar-refractivity contribution in [2.45, 2.75) is 12.8 Å². The van der Waals surface area contributed by atoms with E-state index in [-0.39, 0.29) is 22.6 Å². The third-order valence-electron chi connectivity index (χ3n) is 5.23. The van der Waals surface area contributed by atoms with Gasteiger partial charge in [0.1, 0.15) is 0 Å². The number of carbonyl (C=O) groups is 5. The molecule has 0 radical (unpaired) electrons. The summed E-state index contributed by atoms with van der Waals surface area (Å²) in [4.78, 5) is 63.0. The number of amides is 3. The fourth-order valence-electron chi connectivity index (χ4n) is 3.53. The van der Waals surface area contributed by atoms with Crippen LogP contribution < -0.4 is 4.90 Å². The SMILES string of the molecule is CN1C(=O)c2ccc(C(=O)OCC(=O)c3ccc(N4CCCC4=O)cc3)cc2C1=O. The van der Waals surface area contributed by atoms with Crippen LogP contribution in [0.3, 0.4) is 0 Å². The van der Waals surface area contributed by atoms with Crippen molar-refractivity contribution in [1.82, 2.24) is 4.90 Å². The van der Waals surface area contributed by atoms with Crippen LogP contribution in [-0.4, -0.2) is 54.6 Å². The molecule has 0 saturated carbocycles. The number of nitrogens with zero attached hydrogens (tertiary/aromatic N) is 2. The van der Waals surface area contributed by atoms with Gasteiger partial charge in [-0.15, -0.1) is 0 Å². The predicted molar refractivity (Wildman–Crippen MR) is 106 cm³/mol. The van der Waals surface area contributed by atoms with Crippen LogP contribution in [0.15, 0.2) is 42.5 Å². The lowest BCUT2D eigenvalue weighted by molar-refractivity contribution is -0.117. The highest BCUT2D eigenvalue weighted by Gasteiger charge is 2.33. The Balaban J connectivity index is 1.40. The first-order valence-electron chi connectivity index (χ1n) is 9.44. The van der Waals surface area contributed by atoms with Gasteiger partial charge < -0.3 is 9.64 Å². The van der Waals surface area contributed by atoms with E-state index < -0.39 is 30.2 Å². The first-order chi connectivity index (χ1) is 14.4. The summed E-state index contributed by atoms with van der Waals surface area (Å²) in [5.41, 5.74) is 1.53. The van der Waals surface area contributed by atoms with Crippen molar-refractivity contribution in [2.24, 2.45) is 0 Å². The van der Waals surface area contributed by atoms with Gasteiger partial charge in [0.05, 0.1) is 16.7 Å². The van der Waals surface area contributed by atoms with Gasteiger partial charge in [0.15, 0.2) is 12.4 Å². The van der Waals surface area contributed by atoms with E-state index >= 15 is 0 Å². The minimum absolute atomic E-state index is 0.0590. The highest BCUT2D eigenvalue weighted by Crippen LogP contribution is 2.24. The van der Waals surface area contributed by atoms with Crippen molar-refractivity contribution < 1.29 is 28.7 Å². The van der Waals surface area contributed by atoms with Crippen LogP contribution in [0.2, 0.25) is 0 Å². The summed E-state index contributed by atoms with van der Waals surface area (Å²) in [6.45, 7) is 0.194. The van der Waals surface area contributed by atoms with Gasteiger partial charge in [0.2, 0.25) is 5.91 Å². The Morgan fingerprint density at radius 2 is 1.60 bits per heavy atom. The lowest BCUT2D eigenvalue weighted by Crippen LogP contribution is -2.24. The van der Waals surface area contributed by atoms with Crippen molar-refractivity contribution in [1.29, 1.82) is 0 Å². The zero-order valence-corrected chi connectivity index (χ0v) is 16.2. The largest absolute Gasteiger partial charge is 0.454 e. The van der Waals surface area contributed by atoms with Crippen LogP contribution in [0.5, 0.6) is 0 Å². The number of ketones is 1. The number of fused-ring (bicyclic) bond motifs is 1. The number of esters is 1. The Morgan fingerprint density at radius 3 is 2.27 bits per heavy atom. The molecule has 0 bridgehead atoms. The van der Waals surface area contributed by atoms with E-state index in [1.54, 1.807) is 29.2 Å². The van der Waals surface area contributed by atoms with Crippen LogP contribution in [0, 0.1) is 0 Å². The number of Topliss-reactive ketones (excluding diaryl/α,β-unsaturated/α-hetero) is 1. The molecular weight excluding hydrogens is 388 g/mol. The molecule has 1 fully saturated rings. The molecule has 8 nitrogen and oxygen atoms in total. The van der Waals surface area contributed by atoms with Crippen LogP contribution in [0.4, 0.5) is 5.69 Å². The maximum Gasteiger partial charge on any atom is 0.338 e. The minimum Gasteiger partial charge on any atom is -0.454 e. The number of hydrogen-bond acceptors (Lipinski definition) is 6. The second-order valence-electron chi connectivity index (χ2n) is 7.12. The van der Waals surface area contributed by atoms with E-state index in [2.05, 4.69) is 0 Å². The summed E-state index contributed by atoms with van der Waals surface area (Å²) in [7, 11) is 1.37. The van der Waals surface area contributed by atoms with Crippen molar-refractivity contribution >= 4 is 35.2 Å². The lowest BCUT2D eigenvalue weighted by atomic mass is 10.1. The quantitative estimate of drug-likeness (QED) is 0.428. The Labute approximate surface area is 172 Å². The molecule has 1 saturated heterocycles. The third-order valence-corrected chi connectivity index (χ3v) is 5.23. The highest BCUT2D eigenvalue weighted by molar-refractivity contribution is 6.21. The van der Waals surface area contributed by atoms with Crippen LogP contribution in [0.25, 0.3) is 0 Å². The summed E-state index contributed by atoms with van der Waals surface area (Å²) in [6, 6.07) is 10.6. The molecule has 0 atom stereocenters. The number of rotatable bonds is 5. The molecule has 2 heterocycles. The molecule has 0 spiro atoms. The fraction of sp³-hybridized carbons (Fsp3) is 0.227. The van der Waals surface area contributed by atoms with E-state index in [0.29, 0.717) is 18.5 Å². The smallest absolute Gasteiger partial charge is 0.338 e. The highest BCUT2D eigenvalue weighted by atomic mass is 16.5. The summed E-state index contributed by atoms with van der Waals surface area (Å²) in [6.07, 6.45) is 1.34. The standard InChI is InChI=1S/C22H18N2O6/c1-23-20(27)16-9-6-14(11-17(16)21(23)28)22(29)30-12-18(25)13-4-7-15(8-5-13)24-10-2-3-19(24)26/h4-9,11H,2-3,10,12H2,1H3. The number of imide groups is 1. The van der Waals surface area contributed by atoms with Gasteiger partial charge in [0, 0.05) is 31.3 Å². The van der Waals surface area contributed by atoms with Gasteiger partial charge in [-0.05, 0) is 48.9 Å². The topological polar surface area (TPSA) is 101 Å². The van der Waals surface area contributed by atoms with Crippen molar-refractivity contribution in [3.63, 3.8) is 0 Å². The zero-order chi connectivity index (χ0) is 21.4. The number of anilines is 1. The van der Waals surface area contributed by atoms with E-state index in [4.69, 9.17) is 4.74 Å². The molecule has 8 heteroatoms. The molecule has 2 aliphatic rings. The minimum atomic E-state index is -0.764. The van der Waals surface area contributed by atoms with Crippen LogP contribution in [0.1, 0.15) is 54.3 Å². The van der Waals surface area contributed by atoms with Gasteiger partial charge in [0.25, 0.3) is 11.8 Å². The van der Waals surface area contributed by atoms with Crippen molar-refractivity contribution in [3.05, 3.63) is 64.7 Å². The van der Waals surface area contributed by atoms with Crippen molar-refractivity contribution in [3.8, 4) is 0 Å². The van der Waals surface area contributed by atoms with Gasteiger partial charge in [-0.25, -0.2) is 4.79 Å². The Bertz CT molecular complexity index is 1090. The third kappa shape index (κ3) is 3.36. The number of ether oxygens (including phenoxy) is 1. The van der Waals surface area contributed by atoms with Gasteiger partial charge in [-0.2, -0.15) is 0 Å². The number of carbonyl (C=O) groups excluding carboxylic acids is 5. The van der Waals surface area contributed by atoms with Crippen LogP contribution in [-0.2, 0) is 9.53 Å². The Morgan fingerprint density at radius 1 is 0.933 bits per heavy atom. The van der Waals surface area contributed by atoms with E-state index in [0.717, 1.165) is 17.0 Å². The van der Waals surface area contributed by atoms with Gasteiger partial charge >= 0.3 is 5.97 Å². The Hall–Kier alpha value is -3.81. The van der Waals surface area contributed by atoms with E-state index in [1.165, 1.54) is 25.2 Å². The molecule has 0 unspecified atom stereocenters. The molecular formula is C22H18N2O6. The molecule has 152 valence electrons. The monoisotopic (exact) mass is 406 g/mol. The summed E-state index contributed by atoms with van der Waals surface area (Å²) in [5, 5.41) is 0. The number of hydrogen-bond donors (Lipinski definition) is 0. The molecule has 30 heavy (non-hydrogen) atoms. The van der Waals surface area contributed by atoms with Crippen LogP contribution >= 0.6 is 0 Å². The molecule has 0 aliphatic carbocycles. The Kier molecular flexibility index (Phi) is 4.91. The molecule has 0 N–H and O–H groups in total. The maximum atomic E-state index is 12.3. The van der Waals surface area contributed by atoms with Gasteiger partial charge in [-0.1, -0.05) is 0 Å². The molecule has 2 aliphatic heterocycles. The first kappa shape index (κ1) is 19.5. The number of benzene rings is 2. The second-order valence-corrected chi connectivity index (χ2v) is 7.12. The fourth-order valence-corrected chi connectivity index (χ4v) is 3.53. The molecule has 0 aromatic heterocycles. The van der Waals surface area contributed by atoms with E-state index in [9.17, 15) is 24.0 Å². The summed E-state index contributed by atoms with van der Waals surface area (Å²) < 4.78 is 5.08. The summed E-state index contributed by atoms with van der Waals surface area (Å²) >= 11 is 0. The average molecular weight is 406 g/mol. The summed E-state index contributed by atoms with van der Waals surface area (Å²) in [5.74, 6) is -2.01. The normalized spacial score (nSPS) is 15.6. The van der Waals surface area contributed by atoms with E-state index in [1.807, 2.05) is 0 Å². The first-order valence-corrected chi connectivity index (χ1v) is 9.44. The average Bonchev–Trinajstić information content (AvgIpc) is 3.29. The predicted octanol–water partition coefficient (Wildman–Crippen LogP) is 2.08. The lowest BCUT2D eigenvalue weighted by Gasteiger charge is -2.15. The molecule has 2 aromatic rings. The zero-order valence-electron chi connectivity index (χ0n) is 16.2. The second kappa shape index (κ2) is 7.55. The maximum absolute atomic E-state index is 12.3. The molecule has 2 aromatic carbocycles. The van der Waals surface area contributed by atoms with Gasteiger partial charge in [-0.3, -0.25) is 24.1 Å². The van der Waals surface area contributed by atoms with Crippen molar-refractivity contribution in [2.75, 3.05) is 25.1 Å². The molecule has 4 rings (SSSR count).